The van der Waals surface area contributed by atoms with Crippen molar-refractivity contribution in [3.05, 3.63) is 35.9 Å². The van der Waals surface area contributed by atoms with Crippen LogP contribution in [0.3, 0.4) is 0 Å². The van der Waals surface area contributed by atoms with Gasteiger partial charge in [0.25, 0.3) is 0 Å². The van der Waals surface area contributed by atoms with Crippen molar-refractivity contribution in [2.45, 2.75) is 58.0 Å². The molecule has 1 fully saturated rings. The smallest absolute Gasteiger partial charge is 0.407 e. The Bertz CT molecular complexity index is 327. The summed E-state index contributed by atoms with van der Waals surface area (Å²) in [4.78, 5) is 10.7. The summed E-state index contributed by atoms with van der Waals surface area (Å²) in [6, 6.07) is 9.54. The van der Waals surface area contributed by atoms with Crippen molar-refractivity contribution < 1.29 is 9.53 Å². The van der Waals surface area contributed by atoms with Crippen molar-refractivity contribution in [3.63, 3.8) is 0 Å². The van der Waals surface area contributed by atoms with Crippen molar-refractivity contribution in [1.82, 2.24) is 5.32 Å². The first-order chi connectivity index (χ1) is 9.83. The van der Waals surface area contributed by atoms with E-state index < -0.39 is 6.09 Å². The Hall–Kier alpha value is -1.51. The molecule has 1 aliphatic rings. The molecule has 112 valence electrons. The maximum Gasteiger partial charge on any atom is 0.407 e. The number of ether oxygens (including phenoxy) is 1. The van der Waals surface area contributed by atoms with Gasteiger partial charge >= 0.3 is 6.09 Å². The van der Waals surface area contributed by atoms with E-state index in [9.17, 15) is 4.79 Å². The van der Waals surface area contributed by atoms with Gasteiger partial charge in [-0.2, -0.15) is 0 Å². The van der Waals surface area contributed by atoms with Crippen molar-refractivity contribution in [2.75, 3.05) is 7.05 Å². The van der Waals surface area contributed by atoms with Gasteiger partial charge in [0.15, 0.2) is 0 Å². The molecule has 1 aromatic rings. The molecule has 3 heteroatoms. The molecule has 1 amide bonds. The van der Waals surface area contributed by atoms with Crippen LogP contribution in [0.4, 0.5) is 4.79 Å². The minimum absolute atomic E-state index is 0.320. The standard InChI is InChI=1S/C9H11NO2.C8H16/c1-10-9(11)12-7-8-5-3-2-4-6-8;1-2-4-6-8-7-5-3-1/h2-6H,7H2,1H3,(H,10,11);1-8H2. The van der Waals surface area contributed by atoms with Crippen LogP contribution in [0.1, 0.15) is 56.9 Å². The van der Waals surface area contributed by atoms with E-state index in [1.54, 1.807) is 0 Å². The average molecular weight is 277 g/mol. The van der Waals surface area contributed by atoms with Crippen LogP contribution in [-0.4, -0.2) is 13.1 Å². The average Bonchev–Trinajstić information content (AvgIpc) is 2.46. The van der Waals surface area contributed by atoms with Crippen molar-refractivity contribution in [3.8, 4) is 0 Å². The van der Waals surface area contributed by atoms with Gasteiger partial charge in [0.1, 0.15) is 6.61 Å². The lowest BCUT2D eigenvalue weighted by Gasteiger charge is -2.05. The van der Waals surface area contributed by atoms with E-state index in [-0.39, 0.29) is 0 Å². The minimum Gasteiger partial charge on any atom is -0.445 e. The molecule has 0 spiro atoms. The molecule has 0 unspecified atom stereocenters. The topological polar surface area (TPSA) is 38.3 Å². The van der Waals surface area contributed by atoms with Gasteiger partial charge in [0.2, 0.25) is 0 Å². The number of hydrogen-bond acceptors (Lipinski definition) is 2. The number of carbonyl (C=O) groups excluding carboxylic acids is 1. The van der Waals surface area contributed by atoms with E-state index in [2.05, 4.69) is 5.32 Å². The monoisotopic (exact) mass is 277 g/mol. The van der Waals surface area contributed by atoms with Crippen molar-refractivity contribution in [2.24, 2.45) is 0 Å². The third kappa shape index (κ3) is 8.57. The second-order valence-corrected chi connectivity index (χ2v) is 5.14. The van der Waals surface area contributed by atoms with E-state index in [0.717, 1.165) is 5.56 Å². The molecular formula is C17H27NO2. The zero-order chi connectivity index (χ0) is 14.5. The second-order valence-electron chi connectivity index (χ2n) is 5.14. The molecule has 20 heavy (non-hydrogen) atoms. The van der Waals surface area contributed by atoms with Crippen LogP contribution in [0.15, 0.2) is 30.3 Å². The van der Waals surface area contributed by atoms with Gasteiger partial charge in [-0.3, -0.25) is 0 Å². The minimum atomic E-state index is -0.404. The van der Waals surface area contributed by atoms with Crippen LogP contribution in [0.2, 0.25) is 0 Å². The van der Waals surface area contributed by atoms with Crippen LogP contribution in [0, 0.1) is 0 Å². The predicted molar refractivity (Wildman–Crippen MR) is 82.6 cm³/mol. The summed E-state index contributed by atoms with van der Waals surface area (Å²) in [6.07, 6.45) is 11.6. The van der Waals surface area contributed by atoms with Crippen LogP contribution in [0.25, 0.3) is 0 Å². The Morgan fingerprint density at radius 2 is 1.40 bits per heavy atom. The lowest BCUT2D eigenvalue weighted by molar-refractivity contribution is 0.142. The summed E-state index contributed by atoms with van der Waals surface area (Å²) in [6.45, 7) is 0.320. The molecule has 0 atom stereocenters. The van der Waals surface area contributed by atoms with Crippen molar-refractivity contribution in [1.29, 1.82) is 0 Å². The lowest BCUT2D eigenvalue weighted by Crippen LogP contribution is -2.18. The molecule has 2 rings (SSSR count). The van der Waals surface area contributed by atoms with Crippen LogP contribution >= 0.6 is 0 Å². The van der Waals surface area contributed by atoms with Crippen LogP contribution < -0.4 is 5.32 Å². The van der Waals surface area contributed by atoms with E-state index >= 15 is 0 Å². The first kappa shape index (κ1) is 16.5. The number of rotatable bonds is 2. The summed E-state index contributed by atoms with van der Waals surface area (Å²) in [5.41, 5.74) is 0.987. The normalized spacial score (nSPS) is 15.1. The highest BCUT2D eigenvalue weighted by Gasteiger charge is 1.97. The van der Waals surface area contributed by atoms with E-state index in [4.69, 9.17) is 4.74 Å². The molecule has 0 radical (unpaired) electrons. The maximum atomic E-state index is 10.7. The van der Waals surface area contributed by atoms with Gasteiger partial charge in [0.05, 0.1) is 0 Å². The molecule has 0 saturated heterocycles. The summed E-state index contributed by atoms with van der Waals surface area (Å²) in [5.74, 6) is 0. The Kier molecular flexibility index (Phi) is 9.37. The van der Waals surface area contributed by atoms with E-state index in [1.807, 2.05) is 30.3 Å². The number of hydrogen-bond donors (Lipinski definition) is 1. The largest absolute Gasteiger partial charge is 0.445 e. The highest BCUT2D eigenvalue weighted by molar-refractivity contribution is 5.66. The molecule has 3 nitrogen and oxygen atoms in total. The van der Waals surface area contributed by atoms with E-state index in [1.165, 1.54) is 58.4 Å². The molecular weight excluding hydrogens is 250 g/mol. The number of benzene rings is 1. The summed E-state index contributed by atoms with van der Waals surface area (Å²) < 4.78 is 4.83. The Morgan fingerprint density at radius 1 is 0.950 bits per heavy atom. The molecule has 0 heterocycles. The highest BCUT2D eigenvalue weighted by Crippen LogP contribution is 2.15. The first-order valence-electron chi connectivity index (χ1n) is 7.71. The lowest BCUT2D eigenvalue weighted by atomic mass is 10.0. The van der Waals surface area contributed by atoms with Crippen LogP contribution in [0.5, 0.6) is 0 Å². The number of alkyl carbamates (subject to hydrolysis) is 1. The Labute approximate surface area is 122 Å². The Balaban J connectivity index is 0.000000217. The van der Waals surface area contributed by atoms with Gasteiger partial charge in [-0.25, -0.2) is 4.79 Å². The first-order valence-corrected chi connectivity index (χ1v) is 7.71. The fraction of sp³-hybridized carbons (Fsp3) is 0.588. The summed E-state index contributed by atoms with van der Waals surface area (Å²) >= 11 is 0. The number of nitrogens with one attached hydrogen (secondary N) is 1. The fourth-order valence-corrected chi connectivity index (χ4v) is 2.21. The number of carbonyl (C=O) groups is 1. The molecule has 0 bridgehead atoms. The molecule has 0 aromatic heterocycles. The molecule has 1 aromatic carbocycles. The van der Waals surface area contributed by atoms with Gasteiger partial charge < -0.3 is 10.1 Å². The Morgan fingerprint density at radius 3 is 1.80 bits per heavy atom. The fourth-order valence-electron chi connectivity index (χ4n) is 2.21. The molecule has 1 aliphatic carbocycles. The van der Waals surface area contributed by atoms with Gasteiger partial charge in [-0.15, -0.1) is 0 Å². The quantitative estimate of drug-likeness (QED) is 0.853. The third-order valence-corrected chi connectivity index (χ3v) is 3.42. The zero-order valence-corrected chi connectivity index (χ0v) is 12.6. The molecule has 1 N–H and O–H groups in total. The van der Waals surface area contributed by atoms with Gasteiger partial charge in [0, 0.05) is 7.05 Å². The highest BCUT2D eigenvalue weighted by atomic mass is 16.5. The third-order valence-electron chi connectivity index (χ3n) is 3.42. The number of amides is 1. The molecule has 0 aliphatic heterocycles. The van der Waals surface area contributed by atoms with Gasteiger partial charge in [-0.05, 0) is 5.56 Å². The summed E-state index contributed by atoms with van der Waals surface area (Å²) in [5, 5.41) is 2.37. The van der Waals surface area contributed by atoms with Crippen molar-refractivity contribution >= 4 is 6.09 Å². The predicted octanol–water partition coefficient (Wildman–Crippen LogP) is 4.66. The second kappa shape index (κ2) is 11.3. The van der Waals surface area contributed by atoms with Gasteiger partial charge in [-0.1, -0.05) is 81.7 Å². The van der Waals surface area contributed by atoms with Crippen LogP contribution in [-0.2, 0) is 11.3 Å². The molecule has 1 saturated carbocycles. The SMILES string of the molecule is C1CCCCCCC1.CNC(=O)OCc1ccccc1. The maximum absolute atomic E-state index is 10.7. The van der Waals surface area contributed by atoms with E-state index in [0.29, 0.717) is 6.61 Å². The zero-order valence-electron chi connectivity index (χ0n) is 12.6. The summed E-state index contributed by atoms with van der Waals surface area (Å²) in [7, 11) is 1.54.